The molecule has 3 aliphatic rings. The van der Waals surface area contributed by atoms with Crippen LogP contribution in [0.2, 0.25) is 0 Å². The van der Waals surface area contributed by atoms with E-state index in [-0.39, 0.29) is 46.9 Å². The van der Waals surface area contributed by atoms with Crippen LogP contribution in [0.3, 0.4) is 0 Å². The third kappa shape index (κ3) is 4.23. The Morgan fingerprint density at radius 3 is 2.44 bits per heavy atom. The fourth-order valence-electron chi connectivity index (χ4n) is 4.36. The lowest BCUT2D eigenvalue weighted by atomic mass is 9.88. The largest absolute Gasteiger partial charge is 0.444 e. The standard InChI is InChI=1S/C24H28F2N4O6/c1-22(2,3)36-21(31)30-13-10-14(30)12-29(11-13)20-28-17-16(35-24(25,26)23(4,5)32)7-6-15(18(17)34-20)19-27-8-9-33-19/h6-9,13-14,32H,10-12H2,1-5H3. The molecular weight excluding hydrogens is 478 g/mol. The average Bonchev–Trinajstić information content (AvgIpc) is 3.42. The van der Waals surface area contributed by atoms with Crippen molar-refractivity contribution in [3.63, 3.8) is 0 Å². The Morgan fingerprint density at radius 2 is 1.86 bits per heavy atom. The number of nitrogens with zero attached hydrogens (tertiary/aromatic N) is 4. The van der Waals surface area contributed by atoms with Crippen molar-refractivity contribution < 1.29 is 37.0 Å². The molecule has 2 unspecified atom stereocenters. The SMILES string of the molecule is CC(C)(C)OC(=O)N1C2CC1CN(c1nc3c(OC(F)(F)C(C)(C)O)ccc(-c4ncco4)c3o1)C2. The first-order valence-electron chi connectivity index (χ1n) is 11.6. The van der Waals surface area contributed by atoms with Crippen LogP contribution < -0.4 is 9.64 Å². The lowest BCUT2D eigenvalue weighted by molar-refractivity contribution is -0.275. The Balaban J connectivity index is 1.46. The maximum Gasteiger partial charge on any atom is 0.426 e. The number of aromatic nitrogens is 2. The number of amides is 1. The van der Waals surface area contributed by atoms with Gasteiger partial charge in [-0.3, -0.25) is 4.90 Å². The van der Waals surface area contributed by atoms with Gasteiger partial charge in [-0.1, -0.05) is 0 Å². The number of halogens is 2. The van der Waals surface area contributed by atoms with Crippen LogP contribution in [0, 0.1) is 0 Å². The zero-order valence-corrected chi connectivity index (χ0v) is 20.6. The molecule has 1 N–H and O–H groups in total. The quantitative estimate of drug-likeness (QED) is 0.537. The summed E-state index contributed by atoms with van der Waals surface area (Å²) in [5.74, 6) is -0.0407. The summed E-state index contributed by atoms with van der Waals surface area (Å²) in [6.07, 6.45) is -0.603. The maximum absolute atomic E-state index is 14.6. The first-order chi connectivity index (χ1) is 16.7. The highest BCUT2D eigenvalue weighted by Crippen LogP contribution is 2.42. The van der Waals surface area contributed by atoms with E-state index in [2.05, 4.69) is 9.97 Å². The number of fused-ring (bicyclic) bond motifs is 3. The highest BCUT2D eigenvalue weighted by molar-refractivity contribution is 5.93. The highest BCUT2D eigenvalue weighted by Gasteiger charge is 2.51. The summed E-state index contributed by atoms with van der Waals surface area (Å²) in [4.78, 5) is 24.8. The summed E-state index contributed by atoms with van der Waals surface area (Å²) < 4.78 is 51.0. The molecule has 6 rings (SSSR count). The Hall–Kier alpha value is -3.41. The van der Waals surface area contributed by atoms with E-state index < -0.39 is 17.3 Å². The zero-order chi connectivity index (χ0) is 26.0. The van der Waals surface area contributed by atoms with Crippen LogP contribution in [0.15, 0.2) is 33.4 Å². The molecule has 0 spiro atoms. The van der Waals surface area contributed by atoms with Crippen molar-refractivity contribution in [1.82, 2.24) is 14.9 Å². The molecule has 194 valence electrons. The van der Waals surface area contributed by atoms with Crippen molar-refractivity contribution in [2.75, 3.05) is 18.0 Å². The fraction of sp³-hybridized carbons (Fsp3) is 0.542. The molecule has 5 heterocycles. The second-order valence-corrected chi connectivity index (χ2v) is 10.6. The van der Waals surface area contributed by atoms with Gasteiger partial charge in [0.05, 0.1) is 23.8 Å². The molecule has 1 aromatic carbocycles. The molecular formula is C24H28F2N4O6. The number of ether oxygens (including phenoxy) is 2. The average molecular weight is 507 g/mol. The third-order valence-electron chi connectivity index (χ3n) is 6.18. The minimum Gasteiger partial charge on any atom is -0.444 e. The van der Waals surface area contributed by atoms with E-state index in [1.165, 1.54) is 24.6 Å². The molecule has 3 aromatic rings. The number of aliphatic hydroxyl groups is 1. The highest BCUT2D eigenvalue weighted by atomic mass is 19.3. The van der Waals surface area contributed by atoms with Crippen molar-refractivity contribution in [2.24, 2.45) is 0 Å². The summed E-state index contributed by atoms with van der Waals surface area (Å²) in [6.45, 7) is 8.23. The van der Waals surface area contributed by atoms with E-state index in [4.69, 9.17) is 18.3 Å². The molecule has 0 aliphatic carbocycles. The van der Waals surface area contributed by atoms with Crippen LogP contribution in [0.5, 0.6) is 5.75 Å². The monoisotopic (exact) mass is 506 g/mol. The second-order valence-electron chi connectivity index (χ2n) is 10.6. The van der Waals surface area contributed by atoms with Gasteiger partial charge in [0.15, 0.2) is 22.5 Å². The minimum absolute atomic E-state index is 0.0351. The molecule has 3 fully saturated rings. The van der Waals surface area contributed by atoms with Gasteiger partial charge in [-0.05, 0) is 53.2 Å². The summed E-state index contributed by atoms with van der Waals surface area (Å²) in [5.41, 5.74) is -2.44. The van der Waals surface area contributed by atoms with Gasteiger partial charge in [0.25, 0.3) is 6.01 Å². The van der Waals surface area contributed by atoms with Gasteiger partial charge in [-0.25, -0.2) is 9.78 Å². The Bertz CT molecular complexity index is 1270. The van der Waals surface area contributed by atoms with Gasteiger partial charge in [-0.2, -0.15) is 13.8 Å². The molecule has 36 heavy (non-hydrogen) atoms. The van der Waals surface area contributed by atoms with Crippen LogP contribution >= 0.6 is 0 Å². The number of carbonyl (C=O) groups is 1. The van der Waals surface area contributed by atoms with Gasteiger partial charge < -0.3 is 28.3 Å². The summed E-state index contributed by atoms with van der Waals surface area (Å²) in [7, 11) is 0. The van der Waals surface area contributed by atoms with Crippen molar-refractivity contribution in [2.45, 2.75) is 70.4 Å². The molecule has 0 radical (unpaired) electrons. The number of hydrogen-bond acceptors (Lipinski definition) is 9. The molecule has 0 saturated carbocycles. The lowest BCUT2D eigenvalue weighted by Crippen LogP contribution is -2.70. The van der Waals surface area contributed by atoms with E-state index in [0.717, 1.165) is 20.3 Å². The van der Waals surface area contributed by atoms with E-state index in [1.54, 1.807) is 4.90 Å². The molecule has 3 aliphatic heterocycles. The molecule has 10 nitrogen and oxygen atoms in total. The number of hydrogen-bond donors (Lipinski definition) is 1. The van der Waals surface area contributed by atoms with Gasteiger partial charge in [-0.15, -0.1) is 0 Å². The smallest absolute Gasteiger partial charge is 0.426 e. The van der Waals surface area contributed by atoms with Crippen LogP contribution in [-0.4, -0.2) is 68.6 Å². The van der Waals surface area contributed by atoms with Crippen LogP contribution in [0.25, 0.3) is 22.6 Å². The lowest BCUT2D eigenvalue weighted by Gasteiger charge is -2.55. The van der Waals surface area contributed by atoms with E-state index in [1.807, 2.05) is 25.7 Å². The molecule has 1 amide bonds. The van der Waals surface area contributed by atoms with Gasteiger partial charge in [0.1, 0.15) is 11.9 Å². The normalized spacial score (nSPS) is 20.4. The predicted molar refractivity (Wildman–Crippen MR) is 124 cm³/mol. The van der Waals surface area contributed by atoms with Crippen molar-refractivity contribution in [1.29, 1.82) is 0 Å². The van der Waals surface area contributed by atoms with E-state index in [0.29, 0.717) is 18.7 Å². The molecule has 2 bridgehead atoms. The Labute approximate surface area is 205 Å². The van der Waals surface area contributed by atoms with Crippen molar-refractivity contribution in [3.8, 4) is 17.2 Å². The van der Waals surface area contributed by atoms with Crippen molar-refractivity contribution >= 4 is 23.2 Å². The van der Waals surface area contributed by atoms with Crippen LogP contribution in [-0.2, 0) is 4.74 Å². The van der Waals surface area contributed by atoms with Gasteiger partial charge in [0, 0.05) is 13.1 Å². The Morgan fingerprint density at radius 1 is 1.17 bits per heavy atom. The first kappa shape index (κ1) is 24.3. The van der Waals surface area contributed by atoms with E-state index in [9.17, 15) is 18.7 Å². The number of oxazole rings is 2. The zero-order valence-electron chi connectivity index (χ0n) is 20.6. The summed E-state index contributed by atoms with van der Waals surface area (Å²) in [6, 6.07) is 2.81. The molecule has 3 saturated heterocycles. The van der Waals surface area contributed by atoms with E-state index >= 15 is 0 Å². The van der Waals surface area contributed by atoms with Gasteiger partial charge >= 0.3 is 12.2 Å². The summed E-state index contributed by atoms with van der Waals surface area (Å²) in [5, 5.41) is 9.87. The fourth-order valence-corrected chi connectivity index (χ4v) is 4.36. The Kier molecular flexibility index (Phi) is 5.43. The van der Waals surface area contributed by atoms with Crippen molar-refractivity contribution in [3.05, 3.63) is 24.6 Å². The van der Waals surface area contributed by atoms with Crippen LogP contribution in [0.4, 0.5) is 19.6 Å². The second kappa shape index (κ2) is 8.05. The topological polar surface area (TPSA) is 114 Å². The number of piperidine rings is 1. The number of carbonyl (C=O) groups excluding carboxylic acids is 1. The first-order valence-corrected chi connectivity index (χ1v) is 11.6. The third-order valence-corrected chi connectivity index (χ3v) is 6.18. The number of benzene rings is 1. The number of anilines is 1. The minimum atomic E-state index is -3.90. The maximum atomic E-state index is 14.6. The van der Waals surface area contributed by atoms with Crippen LogP contribution in [0.1, 0.15) is 41.0 Å². The number of piperazine rings is 1. The number of alkyl halides is 2. The summed E-state index contributed by atoms with van der Waals surface area (Å²) >= 11 is 0. The number of rotatable bonds is 5. The molecule has 12 heteroatoms. The predicted octanol–water partition coefficient (Wildman–Crippen LogP) is 4.42. The molecule has 2 aromatic heterocycles. The molecule has 2 atom stereocenters. The van der Waals surface area contributed by atoms with Gasteiger partial charge in [0.2, 0.25) is 5.89 Å².